The average molecular weight is 204 g/mol. The summed E-state index contributed by atoms with van der Waals surface area (Å²) in [5.41, 5.74) is 0. The van der Waals surface area contributed by atoms with Crippen molar-refractivity contribution in [1.82, 2.24) is 0 Å². The van der Waals surface area contributed by atoms with Crippen molar-refractivity contribution in [3.63, 3.8) is 0 Å². The lowest BCUT2D eigenvalue weighted by Crippen LogP contribution is -2.21. The van der Waals surface area contributed by atoms with E-state index in [0.29, 0.717) is 12.0 Å². The highest BCUT2D eigenvalue weighted by atomic mass is 32.2. The van der Waals surface area contributed by atoms with E-state index in [9.17, 15) is 14.4 Å². The van der Waals surface area contributed by atoms with Crippen molar-refractivity contribution in [1.29, 1.82) is 0 Å². The molecule has 0 fully saturated rings. The topological polar surface area (TPSA) is 69.7 Å². The van der Waals surface area contributed by atoms with Gasteiger partial charge in [0, 0.05) is 0 Å². The van der Waals surface area contributed by atoms with E-state index in [1.807, 2.05) is 0 Å². The summed E-state index contributed by atoms with van der Waals surface area (Å²) in [5, 5.41) is -0.494. The minimum absolute atomic E-state index is 0.131. The Kier molecular flexibility index (Phi) is 5.62. The second-order valence-corrected chi connectivity index (χ2v) is 2.62. The van der Waals surface area contributed by atoms with Gasteiger partial charge in [-0.05, 0) is 13.0 Å². The summed E-state index contributed by atoms with van der Waals surface area (Å²) in [6, 6.07) is 0. The Bertz CT molecular complexity index is 225. The first-order valence-corrected chi connectivity index (χ1v) is 3.99. The van der Waals surface area contributed by atoms with Gasteiger partial charge in [-0.15, -0.1) is 0 Å². The van der Waals surface area contributed by atoms with E-state index in [-0.39, 0.29) is 6.47 Å². The number of carbonyl (C=O) groups excluding carboxylic acids is 3. The monoisotopic (exact) mass is 204 g/mol. The van der Waals surface area contributed by atoms with Gasteiger partial charge < -0.3 is 8.92 Å². The van der Waals surface area contributed by atoms with Gasteiger partial charge in [0.2, 0.25) is 0 Å². The number of hydrogen-bond donors (Lipinski definition) is 0. The maximum Gasteiger partial charge on any atom is 0.359 e. The zero-order valence-electron chi connectivity index (χ0n) is 6.89. The Morgan fingerprint density at radius 2 is 2.15 bits per heavy atom. The highest BCUT2D eigenvalue weighted by molar-refractivity contribution is 8.10. The van der Waals surface area contributed by atoms with Crippen molar-refractivity contribution >= 4 is 29.6 Å². The first-order chi connectivity index (χ1) is 6.11. The third kappa shape index (κ3) is 5.02. The SMILES string of the molecule is C=CC(=O)SOC(=O)C(C)OC=O. The van der Waals surface area contributed by atoms with Crippen LogP contribution >= 0.6 is 12.0 Å². The Morgan fingerprint density at radius 1 is 1.54 bits per heavy atom. The minimum Gasteiger partial charge on any atom is -0.453 e. The predicted molar refractivity (Wildman–Crippen MR) is 45.5 cm³/mol. The van der Waals surface area contributed by atoms with Crippen LogP contribution in [0.2, 0.25) is 0 Å². The molecule has 0 N–H and O–H groups in total. The van der Waals surface area contributed by atoms with Gasteiger partial charge in [-0.1, -0.05) is 6.58 Å². The molecule has 1 atom stereocenters. The molecule has 0 aromatic carbocycles. The van der Waals surface area contributed by atoms with Gasteiger partial charge in [0.1, 0.15) is 12.0 Å². The van der Waals surface area contributed by atoms with Gasteiger partial charge in [0.15, 0.2) is 6.10 Å². The van der Waals surface area contributed by atoms with Crippen molar-refractivity contribution in [2.24, 2.45) is 0 Å². The van der Waals surface area contributed by atoms with E-state index in [0.717, 1.165) is 6.08 Å². The Hall–Kier alpha value is -1.30. The normalized spacial score (nSPS) is 11.2. The van der Waals surface area contributed by atoms with Crippen LogP contribution in [0.5, 0.6) is 0 Å². The van der Waals surface area contributed by atoms with Crippen LogP contribution in [-0.2, 0) is 23.3 Å². The Morgan fingerprint density at radius 3 is 2.62 bits per heavy atom. The summed E-state index contributed by atoms with van der Waals surface area (Å²) in [5.74, 6) is -0.799. The molecule has 1 unspecified atom stereocenters. The lowest BCUT2D eigenvalue weighted by Gasteiger charge is -2.05. The van der Waals surface area contributed by atoms with Crippen molar-refractivity contribution in [3.05, 3.63) is 12.7 Å². The third-order valence-electron chi connectivity index (χ3n) is 0.964. The van der Waals surface area contributed by atoms with Crippen LogP contribution in [-0.4, -0.2) is 23.7 Å². The number of hydrogen-bond acceptors (Lipinski definition) is 6. The van der Waals surface area contributed by atoms with Crippen LogP contribution < -0.4 is 0 Å². The molecule has 0 aliphatic rings. The van der Waals surface area contributed by atoms with Gasteiger partial charge in [-0.2, -0.15) is 0 Å². The molecule has 0 rings (SSSR count). The fourth-order valence-electron chi connectivity index (χ4n) is 0.323. The molecule has 5 nitrogen and oxygen atoms in total. The van der Waals surface area contributed by atoms with Gasteiger partial charge in [0.05, 0.1) is 0 Å². The quantitative estimate of drug-likeness (QED) is 0.376. The van der Waals surface area contributed by atoms with E-state index in [2.05, 4.69) is 15.5 Å². The molecule has 13 heavy (non-hydrogen) atoms. The van der Waals surface area contributed by atoms with Gasteiger partial charge >= 0.3 is 5.97 Å². The molecule has 6 heteroatoms. The summed E-state index contributed by atoms with van der Waals surface area (Å²) in [6.07, 6.45) is -0.00830. The standard InChI is InChI=1S/C7H8O5S/c1-3-6(9)13-12-7(10)5(2)11-4-8/h3-5H,1H2,2H3. The van der Waals surface area contributed by atoms with Crippen LogP contribution in [0, 0.1) is 0 Å². The van der Waals surface area contributed by atoms with Crippen molar-refractivity contribution in [2.75, 3.05) is 0 Å². The fraction of sp³-hybridized carbons (Fsp3) is 0.286. The summed E-state index contributed by atoms with van der Waals surface area (Å²) in [6.45, 7) is 4.63. The number of ether oxygens (including phenoxy) is 1. The van der Waals surface area contributed by atoms with E-state index < -0.39 is 17.2 Å². The molecule has 0 heterocycles. The fourth-order valence-corrected chi connectivity index (χ4v) is 0.691. The summed E-state index contributed by atoms with van der Waals surface area (Å²) in [7, 11) is 0. The van der Waals surface area contributed by atoms with Gasteiger partial charge in [-0.25, -0.2) is 4.79 Å². The molecule has 0 saturated heterocycles. The zero-order chi connectivity index (χ0) is 10.3. The average Bonchev–Trinajstić information content (AvgIpc) is 2.13. The van der Waals surface area contributed by atoms with Gasteiger partial charge in [-0.3, -0.25) is 9.59 Å². The number of rotatable bonds is 4. The molecular formula is C7H8O5S. The predicted octanol–water partition coefficient (Wildman–Crippen LogP) is 0.452. The van der Waals surface area contributed by atoms with Crippen LogP contribution in [0.25, 0.3) is 0 Å². The molecule has 0 amide bonds. The number of carbonyl (C=O) groups is 3. The van der Waals surface area contributed by atoms with E-state index in [4.69, 9.17) is 0 Å². The zero-order valence-corrected chi connectivity index (χ0v) is 7.71. The Balaban J connectivity index is 3.79. The second kappa shape index (κ2) is 6.24. The summed E-state index contributed by atoms with van der Waals surface area (Å²) in [4.78, 5) is 31.2. The van der Waals surface area contributed by atoms with Crippen molar-refractivity contribution in [2.45, 2.75) is 13.0 Å². The first-order valence-electron chi connectivity index (χ1n) is 3.25. The molecule has 0 aromatic heterocycles. The first kappa shape index (κ1) is 11.7. The van der Waals surface area contributed by atoms with E-state index >= 15 is 0 Å². The largest absolute Gasteiger partial charge is 0.453 e. The molecule has 0 aromatic rings. The smallest absolute Gasteiger partial charge is 0.359 e. The Labute approximate surface area is 79.3 Å². The van der Waals surface area contributed by atoms with Crippen molar-refractivity contribution in [3.8, 4) is 0 Å². The van der Waals surface area contributed by atoms with Crippen LogP contribution in [0.1, 0.15) is 6.92 Å². The highest BCUT2D eigenvalue weighted by Crippen LogP contribution is 2.07. The maximum atomic E-state index is 10.8. The molecule has 0 radical (unpaired) electrons. The molecule has 0 spiro atoms. The van der Waals surface area contributed by atoms with E-state index in [1.54, 1.807) is 0 Å². The molecule has 0 saturated carbocycles. The van der Waals surface area contributed by atoms with Gasteiger partial charge in [0.25, 0.3) is 11.6 Å². The lowest BCUT2D eigenvalue weighted by atomic mass is 10.4. The second-order valence-electron chi connectivity index (χ2n) is 1.88. The molecule has 0 aliphatic heterocycles. The van der Waals surface area contributed by atoms with Crippen LogP contribution in [0.4, 0.5) is 0 Å². The summed E-state index contributed by atoms with van der Waals surface area (Å²) >= 11 is 0.336. The van der Waals surface area contributed by atoms with Crippen LogP contribution in [0.15, 0.2) is 12.7 Å². The van der Waals surface area contributed by atoms with Crippen molar-refractivity contribution < 1.29 is 23.3 Å². The van der Waals surface area contributed by atoms with E-state index in [1.165, 1.54) is 6.92 Å². The molecular weight excluding hydrogens is 196 g/mol. The highest BCUT2D eigenvalue weighted by Gasteiger charge is 2.16. The minimum atomic E-state index is -1.01. The van der Waals surface area contributed by atoms with Crippen LogP contribution in [0.3, 0.4) is 0 Å². The lowest BCUT2D eigenvalue weighted by molar-refractivity contribution is -0.152. The molecule has 0 bridgehead atoms. The maximum absolute atomic E-state index is 10.8. The third-order valence-corrected chi connectivity index (χ3v) is 1.54. The molecule has 0 aliphatic carbocycles. The summed E-state index contributed by atoms with van der Waals surface area (Å²) < 4.78 is 8.65. The molecule has 72 valence electrons.